The van der Waals surface area contributed by atoms with E-state index in [4.69, 9.17) is 34.8 Å². The second kappa shape index (κ2) is 5.70. The molecular formula is C13H12Cl3NS. The maximum absolute atomic E-state index is 6.15. The van der Waals surface area contributed by atoms with E-state index in [1.165, 1.54) is 11.3 Å². The number of anilines is 1. The molecule has 1 nitrogen and oxygen atoms in total. The van der Waals surface area contributed by atoms with Crippen LogP contribution in [-0.2, 0) is 0 Å². The number of rotatable bonds is 3. The minimum absolute atomic E-state index is 0.0561. The maximum atomic E-state index is 6.15. The molecule has 1 aromatic heterocycles. The van der Waals surface area contributed by atoms with Crippen LogP contribution in [0.15, 0.2) is 24.3 Å². The summed E-state index contributed by atoms with van der Waals surface area (Å²) in [5.41, 5.74) is 3.05. The molecule has 1 heterocycles. The van der Waals surface area contributed by atoms with Crippen molar-refractivity contribution in [2.45, 2.75) is 19.9 Å². The third kappa shape index (κ3) is 3.12. The van der Waals surface area contributed by atoms with E-state index in [1.54, 1.807) is 0 Å². The van der Waals surface area contributed by atoms with Crippen LogP contribution < -0.4 is 5.32 Å². The fourth-order valence-corrected chi connectivity index (χ4v) is 3.53. The zero-order chi connectivity index (χ0) is 13.3. The Morgan fingerprint density at radius 2 is 1.89 bits per heavy atom. The number of benzene rings is 1. The van der Waals surface area contributed by atoms with E-state index in [0.29, 0.717) is 13.7 Å². The molecule has 1 atom stereocenters. The summed E-state index contributed by atoms with van der Waals surface area (Å²) in [6.07, 6.45) is 0. The first kappa shape index (κ1) is 14.0. The minimum Gasteiger partial charge on any atom is -0.377 e. The largest absolute Gasteiger partial charge is 0.377 e. The smallest absolute Gasteiger partial charge is 0.0996 e. The van der Waals surface area contributed by atoms with Crippen molar-refractivity contribution in [3.63, 3.8) is 0 Å². The van der Waals surface area contributed by atoms with E-state index >= 15 is 0 Å². The number of thiophene rings is 1. The predicted octanol–water partition coefficient (Wildman–Crippen LogP) is 6.19. The monoisotopic (exact) mass is 319 g/mol. The standard InChI is InChI=1S/C13H12Cl3NS/c1-7-3-4-10(14)11(5-7)17-8(2)9-6-12(15)18-13(9)16/h3-6,8,17H,1-2H3. The van der Waals surface area contributed by atoms with Crippen LogP contribution in [-0.4, -0.2) is 0 Å². The van der Waals surface area contributed by atoms with Crippen LogP contribution in [0.2, 0.25) is 13.7 Å². The molecule has 0 bridgehead atoms. The number of nitrogens with one attached hydrogen (secondary N) is 1. The first-order valence-corrected chi connectivity index (χ1v) is 7.40. The Kier molecular flexibility index (Phi) is 4.44. The van der Waals surface area contributed by atoms with Gasteiger partial charge in [-0.3, -0.25) is 0 Å². The van der Waals surface area contributed by atoms with Crippen LogP contribution in [0.4, 0.5) is 5.69 Å². The van der Waals surface area contributed by atoms with Crippen molar-refractivity contribution in [1.29, 1.82) is 0 Å². The number of aryl methyl sites for hydroxylation is 1. The summed E-state index contributed by atoms with van der Waals surface area (Å²) < 4.78 is 1.41. The highest BCUT2D eigenvalue weighted by atomic mass is 35.5. The van der Waals surface area contributed by atoms with Gasteiger partial charge in [0.15, 0.2) is 0 Å². The molecule has 0 aliphatic carbocycles. The Morgan fingerprint density at radius 3 is 2.50 bits per heavy atom. The highest BCUT2D eigenvalue weighted by Crippen LogP contribution is 2.37. The van der Waals surface area contributed by atoms with Gasteiger partial charge in [0.2, 0.25) is 0 Å². The van der Waals surface area contributed by atoms with Gasteiger partial charge in [-0.25, -0.2) is 0 Å². The molecule has 0 amide bonds. The molecule has 1 unspecified atom stereocenters. The lowest BCUT2D eigenvalue weighted by Gasteiger charge is -2.16. The van der Waals surface area contributed by atoms with Crippen molar-refractivity contribution < 1.29 is 0 Å². The molecule has 0 spiro atoms. The van der Waals surface area contributed by atoms with Crippen LogP contribution >= 0.6 is 46.1 Å². The molecule has 1 aromatic carbocycles. The van der Waals surface area contributed by atoms with Crippen LogP contribution in [0.25, 0.3) is 0 Å². The first-order chi connectivity index (χ1) is 8.47. The molecule has 0 saturated carbocycles. The SMILES string of the molecule is Cc1ccc(Cl)c(NC(C)c2cc(Cl)sc2Cl)c1. The van der Waals surface area contributed by atoms with Crippen molar-refractivity contribution in [3.8, 4) is 0 Å². The fraction of sp³-hybridized carbons (Fsp3) is 0.231. The molecule has 2 rings (SSSR count). The zero-order valence-corrected chi connectivity index (χ0v) is 13.0. The van der Waals surface area contributed by atoms with E-state index in [0.717, 1.165) is 16.8 Å². The van der Waals surface area contributed by atoms with Gasteiger partial charge in [-0.15, -0.1) is 11.3 Å². The average molecular weight is 321 g/mol. The fourth-order valence-electron chi connectivity index (χ4n) is 1.71. The zero-order valence-electron chi connectivity index (χ0n) is 9.93. The quantitative estimate of drug-likeness (QED) is 0.711. The number of halogens is 3. The van der Waals surface area contributed by atoms with Gasteiger partial charge in [0.05, 0.1) is 25.4 Å². The van der Waals surface area contributed by atoms with E-state index in [2.05, 4.69) is 5.32 Å². The van der Waals surface area contributed by atoms with E-state index in [-0.39, 0.29) is 6.04 Å². The molecule has 2 aromatic rings. The number of hydrogen-bond donors (Lipinski definition) is 1. The molecule has 1 N–H and O–H groups in total. The van der Waals surface area contributed by atoms with Crippen molar-refractivity contribution in [1.82, 2.24) is 0 Å². The normalized spacial score (nSPS) is 12.5. The Balaban J connectivity index is 2.23. The minimum atomic E-state index is 0.0561. The third-order valence-corrected chi connectivity index (χ3v) is 4.49. The summed E-state index contributed by atoms with van der Waals surface area (Å²) in [6, 6.07) is 7.82. The highest BCUT2D eigenvalue weighted by Gasteiger charge is 2.14. The van der Waals surface area contributed by atoms with Crippen molar-refractivity contribution in [2.75, 3.05) is 5.32 Å². The topological polar surface area (TPSA) is 12.0 Å². The molecule has 18 heavy (non-hydrogen) atoms. The van der Waals surface area contributed by atoms with Crippen LogP contribution in [0.1, 0.15) is 24.1 Å². The molecule has 0 radical (unpaired) electrons. The first-order valence-electron chi connectivity index (χ1n) is 5.45. The Hall–Kier alpha value is -0.410. The predicted molar refractivity (Wildman–Crippen MR) is 82.6 cm³/mol. The molecular weight excluding hydrogens is 309 g/mol. The van der Waals surface area contributed by atoms with Gasteiger partial charge in [-0.1, -0.05) is 40.9 Å². The Labute approximate surface area is 126 Å². The second-order valence-electron chi connectivity index (χ2n) is 4.13. The maximum Gasteiger partial charge on any atom is 0.0996 e. The number of hydrogen-bond acceptors (Lipinski definition) is 2. The van der Waals surface area contributed by atoms with Crippen molar-refractivity contribution in [3.05, 3.63) is 49.1 Å². The molecule has 96 valence electrons. The van der Waals surface area contributed by atoms with Gasteiger partial charge in [-0.05, 0) is 37.6 Å². The van der Waals surface area contributed by atoms with Gasteiger partial charge in [-0.2, -0.15) is 0 Å². The van der Waals surface area contributed by atoms with Gasteiger partial charge in [0.1, 0.15) is 0 Å². The third-order valence-electron chi connectivity index (χ3n) is 2.64. The Morgan fingerprint density at radius 1 is 1.17 bits per heavy atom. The van der Waals surface area contributed by atoms with Gasteiger partial charge < -0.3 is 5.32 Å². The van der Waals surface area contributed by atoms with Gasteiger partial charge >= 0.3 is 0 Å². The lowest BCUT2D eigenvalue weighted by atomic mass is 10.1. The summed E-state index contributed by atoms with van der Waals surface area (Å²) in [4.78, 5) is 0. The molecule has 0 fully saturated rings. The Bertz CT molecular complexity index is 565. The van der Waals surface area contributed by atoms with Crippen molar-refractivity contribution >= 4 is 51.8 Å². The summed E-state index contributed by atoms with van der Waals surface area (Å²) in [5, 5.41) is 4.05. The van der Waals surface area contributed by atoms with Crippen LogP contribution in [0, 0.1) is 6.92 Å². The second-order valence-corrected chi connectivity index (χ2v) is 6.82. The molecule has 0 aliphatic rings. The van der Waals surface area contributed by atoms with Gasteiger partial charge in [0, 0.05) is 5.56 Å². The molecule has 0 aliphatic heterocycles. The molecule has 5 heteroatoms. The summed E-state index contributed by atoms with van der Waals surface area (Å²) >= 11 is 19.6. The highest BCUT2D eigenvalue weighted by molar-refractivity contribution is 7.20. The summed E-state index contributed by atoms with van der Waals surface area (Å²) in [5.74, 6) is 0. The van der Waals surface area contributed by atoms with E-state index < -0.39 is 0 Å². The lowest BCUT2D eigenvalue weighted by molar-refractivity contribution is 0.890. The average Bonchev–Trinajstić information content (AvgIpc) is 2.63. The van der Waals surface area contributed by atoms with Crippen LogP contribution in [0.5, 0.6) is 0 Å². The van der Waals surface area contributed by atoms with Crippen molar-refractivity contribution in [2.24, 2.45) is 0 Å². The molecule has 0 saturated heterocycles. The van der Waals surface area contributed by atoms with Gasteiger partial charge in [0.25, 0.3) is 0 Å². The van der Waals surface area contributed by atoms with Crippen LogP contribution in [0.3, 0.4) is 0 Å². The summed E-state index contributed by atoms with van der Waals surface area (Å²) in [7, 11) is 0. The van der Waals surface area contributed by atoms with E-state index in [9.17, 15) is 0 Å². The lowest BCUT2D eigenvalue weighted by Crippen LogP contribution is -2.06. The summed E-state index contributed by atoms with van der Waals surface area (Å²) in [6.45, 7) is 4.06. The van der Waals surface area contributed by atoms with E-state index in [1.807, 2.05) is 38.1 Å².